The smallest absolute Gasteiger partial charge is 0.336 e. The number of rotatable bonds is 9. The van der Waals surface area contributed by atoms with Crippen LogP contribution in [0.5, 0.6) is 11.5 Å². The molecular weight excluding hydrogens is 440 g/mol. The monoisotopic (exact) mass is 466 g/mol. The number of methoxy groups -OCH3 is 2. The van der Waals surface area contributed by atoms with E-state index in [1.807, 2.05) is 0 Å². The molecule has 0 unspecified atom stereocenters. The standard InChI is InChI=1S/C25H26N2O7/c1-5-12-34-25(29)24-16(2)26(15-17-6-8-18(9-7-17)27(30)31)23(28)14-21(24)20-13-19(32-3)10-11-22(20)33-4/h5-11,13,21H,1,12,14-15H2,2-4H3/t21-/m1/s1. The highest BCUT2D eigenvalue weighted by Gasteiger charge is 2.38. The summed E-state index contributed by atoms with van der Waals surface area (Å²) in [5.41, 5.74) is 2.05. The third kappa shape index (κ3) is 5.09. The number of amides is 1. The molecule has 0 aromatic heterocycles. The molecular formula is C25H26N2O7. The van der Waals surface area contributed by atoms with E-state index in [2.05, 4.69) is 6.58 Å². The fourth-order valence-electron chi connectivity index (χ4n) is 3.96. The van der Waals surface area contributed by atoms with Gasteiger partial charge in [-0.15, -0.1) is 0 Å². The molecule has 0 N–H and O–H groups in total. The van der Waals surface area contributed by atoms with Crippen molar-refractivity contribution in [3.05, 3.63) is 87.6 Å². The van der Waals surface area contributed by atoms with E-state index in [-0.39, 0.29) is 31.2 Å². The zero-order chi connectivity index (χ0) is 24.8. The molecule has 2 aromatic rings. The van der Waals surface area contributed by atoms with Crippen molar-refractivity contribution in [3.63, 3.8) is 0 Å². The van der Waals surface area contributed by atoms with Crippen molar-refractivity contribution >= 4 is 17.6 Å². The largest absolute Gasteiger partial charge is 0.497 e. The normalized spacial score (nSPS) is 15.7. The second-order valence-electron chi connectivity index (χ2n) is 7.65. The highest BCUT2D eigenvalue weighted by atomic mass is 16.6. The first-order valence-corrected chi connectivity index (χ1v) is 10.5. The van der Waals surface area contributed by atoms with Gasteiger partial charge >= 0.3 is 5.97 Å². The zero-order valence-electron chi connectivity index (χ0n) is 19.3. The van der Waals surface area contributed by atoms with Crippen LogP contribution in [0.3, 0.4) is 0 Å². The van der Waals surface area contributed by atoms with Crippen LogP contribution in [-0.2, 0) is 20.9 Å². The van der Waals surface area contributed by atoms with Gasteiger partial charge in [0.05, 0.1) is 31.3 Å². The number of hydrogen-bond acceptors (Lipinski definition) is 7. The summed E-state index contributed by atoms with van der Waals surface area (Å²) in [4.78, 5) is 38.3. The van der Waals surface area contributed by atoms with Gasteiger partial charge in [0.2, 0.25) is 5.91 Å². The summed E-state index contributed by atoms with van der Waals surface area (Å²) in [5, 5.41) is 10.9. The van der Waals surface area contributed by atoms with E-state index >= 15 is 0 Å². The van der Waals surface area contributed by atoms with Crippen molar-refractivity contribution < 1.29 is 28.7 Å². The van der Waals surface area contributed by atoms with Crippen molar-refractivity contribution in [1.29, 1.82) is 0 Å². The quantitative estimate of drug-likeness (QED) is 0.237. The predicted molar refractivity (Wildman–Crippen MR) is 124 cm³/mol. The highest BCUT2D eigenvalue weighted by molar-refractivity contribution is 5.96. The number of esters is 1. The molecule has 0 saturated carbocycles. The number of hydrogen-bond donors (Lipinski definition) is 0. The number of nitro benzene ring substituents is 1. The fraction of sp³-hybridized carbons (Fsp3) is 0.280. The number of nitro groups is 1. The molecule has 2 aromatic carbocycles. The molecule has 178 valence electrons. The van der Waals surface area contributed by atoms with Crippen LogP contribution in [-0.4, -0.2) is 42.5 Å². The molecule has 1 heterocycles. The van der Waals surface area contributed by atoms with Gasteiger partial charge in [-0.2, -0.15) is 0 Å². The van der Waals surface area contributed by atoms with Gasteiger partial charge in [-0.1, -0.05) is 24.8 Å². The number of nitrogens with zero attached hydrogens (tertiary/aromatic N) is 2. The number of non-ortho nitro benzene ring substituents is 1. The van der Waals surface area contributed by atoms with Crippen LogP contribution in [0, 0.1) is 10.1 Å². The molecule has 1 aliphatic heterocycles. The minimum absolute atomic E-state index is 0.00632. The molecule has 0 radical (unpaired) electrons. The van der Waals surface area contributed by atoms with E-state index < -0.39 is 16.8 Å². The average Bonchev–Trinajstić information content (AvgIpc) is 2.84. The third-order valence-electron chi connectivity index (χ3n) is 5.68. The van der Waals surface area contributed by atoms with E-state index in [4.69, 9.17) is 14.2 Å². The van der Waals surface area contributed by atoms with Gasteiger partial charge in [0, 0.05) is 35.7 Å². The molecule has 0 spiro atoms. The summed E-state index contributed by atoms with van der Waals surface area (Å²) in [6.07, 6.45) is 1.48. The molecule has 0 fully saturated rings. The van der Waals surface area contributed by atoms with E-state index in [9.17, 15) is 19.7 Å². The molecule has 0 aliphatic carbocycles. The molecule has 1 aliphatic rings. The van der Waals surface area contributed by atoms with Crippen LogP contribution >= 0.6 is 0 Å². The number of benzene rings is 2. The first-order chi connectivity index (χ1) is 16.3. The number of carbonyl (C=O) groups excluding carboxylic acids is 2. The van der Waals surface area contributed by atoms with Crippen LogP contribution in [0.2, 0.25) is 0 Å². The molecule has 9 nitrogen and oxygen atoms in total. The van der Waals surface area contributed by atoms with Crippen molar-refractivity contribution in [3.8, 4) is 11.5 Å². The minimum atomic E-state index is -0.608. The molecule has 9 heteroatoms. The lowest BCUT2D eigenvalue weighted by Crippen LogP contribution is -2.38. The van der Waals surface area contributed by atoms with Gasteiger partial charge in [0.15, 0.2) is 0 Å². The van der Waals surface area contributed by atoms with Crippen LogP contribution in [0.1, 0.15) is 30.4 Å². The minimum Gasteiger partial charge on any atom is -0.497 e. The molecule has 34 heavy (non-hydrogen) atoms. The summed E-state index contributed by atoms with van der Waals surface area (Å²) in [6.45, 7) is 5.45. The van der Waals surface area contributed by atoms with E-state index in [0.717, 1.165) is 0 Å². The zero-order valence-corrected chi connectivity index (χ0v) is 19.3. The predicted octanol–water partition coefficient (Wildman–Crippen LogP) is 4.13. The highest BCUT2D eigenvalue weighted by Crippen LogP contribution is 2.42. The third-order valence-corrected chi connectivity index (χ3v) is 5.68. The summed E-state index contributed by atoms with van der Waals surface area (Å²) < 4.78 is 16.2. The van der Waals surface area contributed by atoms with Gasteiger partial charge in [-0.05, 0) is 30.7 Å². The lowest BCUT2D eigenvalue weighted by molar-refractivity contribution is -0.384. The fourth-order valence-corrected chi connectivity index (χ4v) is 3.96. The number of carbonyl (C=O) groups is 2. The van der Waals surface area contributed by atoms with E-state index in [0.29, 0.717) is 33.9 Å². The maximum absolute atomic E-state index is 13.2. The molecule has 1 atom stereocenters. The lowest BCUT2D eigenvalue weighted by Gasteiger charge is -2.35. The second-order valence-corrected chi connectivity index (χ2v) is 7.65. The van der Waals surface area contributed by atoms with Crippen LogP contribution in [0.25, 0.3) is 0 Å². The van der Waals surface area contributed by atoms with Crippen molar-refractivity contribution in [2.24, 2.45) is 0 Å². The molecule has 0 bridgehead atoms. The first-order valence-electron chi connectivity index (χ1n) is 10.5. The maximum atomic E-state index is 13.2. The average molecular weight is 466 g/mol. The summed E-state index contributed by atoms with van der Waals surface area (Å²) in [5.74, 6) is -0.292. The van der Waals surface area contributed by atoms with Gasteiger partial charge < -0.3 is 19.1 Å². The summed E-state index contributed by atoms with van der Waals surface area (Å²) in [6, 6.07) is 11.1. The van der Waals surface area contributed by atoms with Gasteiger partial charge in [0.25, 0.3) is 5.69 Å². The van der Waals surface area contributed by atoms with Gasteiger partial charge in [-0.25, -0.2) is 4.79 Å². The Morgan fingerprint density at radius 3 is 2.50 bits per heavy atom. The molecule has 1 amide bonds. The van der Waals surface area contributed by atoms with Crippen molar-refractivity contribution in [2.75, 3.05) is 20.8 Å². The van der Waals surface area contributed by atoms with Gasteiger partial charge in [0.1, 0.15) is 18.1 Å². The van der Waals surface area contributed by atoms with E-state index in [1.165, 1.54) is 37.3 Å². The summed E-state index contributed by atoms with van der Waals surface area (Å²) in [7, 11) is 3.05. The van der Waals surface area contributed by atoms with Crippen LogP contribution < -0.4 is 9.47 Å². The van der Waals surface area contributed by atoms with Crippen LogP contribution in [0.4, 0.5) is 5.69 Å². The Balaban J connectivity index is 2.06. The SMILES string of the molecule is C=CCOC(=O)C1=C(C)N(Cc2ccc([N+](=O)[O-])cc2)C(=O)C[C@@H]1c1cc(OC)ccc1OC. The topological polar surface area (TPSA) is 108 Å². The number of allylic oxidation sites excluding steroid dienone is 1. The molecule has 3 rings (SSSR count). The Kier molecular flexibility index (Phi) is 7.68. The second kappa shape index (κ2) is 10.7. The van der Waals surface area contributed by atoms with E-state index in [1.54, 1.807) is 37.3 Å². The Labute approximate surface area is 197 Å². The van der Waals surface area contributed by atoms with Crippen LogP contribution in [0.15, 0.2) is 66.4 Å². The van der Waals surface area contributed by atoms with Gasteiger partial charge in [-0.3, -0.25) is 14.9 Å². The Hall–Kier alpha value is -4.14. The Morgan fingerprint density at radius 1 is 1.21 bits per heavy atom. The lowest BCUT2D eigenvalue weighted by atomic mass is 9.83. The Bertz CT molecular complexity index is 1140. The maximum Gasteiger partial charge on any atom is 0.336 e. The number of ether oxygens (including phenoxy) is 3. The first kappa shape index (κ1) is 24.5. The summed E-state index contributed by atoms with van der Waals surface area (Å²) >= 11 is 0. The molecule has 0 saturated heterocycles. The Morgan fingerprint density at radius 2 is 1.91 bits per heavy atom. The van der Waals surface area contributed by atoms with Crippen molar-refractivity contribution in [2.45, 2.75) is 25.8 Å². The van der Waals surface area contributed by atoms with Crippen molar-refractivity contribution in [1.82, 2.24) is 4.90 Å².